The highest BCUT2D eigenvalue weighted by Crippen LogP contribution is 2.27. The van der Waals surface area contributed by atoms with Gasteiger partial charge in [-0.3, -0.25) is 4.99 Å². The Morgan fingerprint density at radius 2 is 2.09 bits per heavy atom. The minimum atomic E-state index is -0.424. The molecule has 5 nitrogen and oxygen atoms in total. The molecule has 0 aliphatic carbocycles. The quantitative estimate of drug-likeness (QED) is 0.625. The van der Waals surface area contributed by atoms with Crippen molar-refractivity contribution >= 4 is 35.4 Å². The maximum absolute atomic E-state index is 11.6. The number of rotatable bonds is 4. The summed E-state index contributed by atoms with van der Waals surface area (Å²) in [6.07, 6.45) is 3.99. The Balaban J connectivity index is 1.78. The van der Waals surface area contributed by atoms with Crippen molar-refractivity contribution in [1.29, 1.82) is 0 Å². The molecular weight excluding hydrogens is 316 g/mol. The summed E-state index contributed by atoms with van der Waals surface area (Å²) in [6, 6.07) is 8.63. The van der Waals surface area contributed by atoms with Gasteiger partial charge in [-0.1, -0.05) is 11.6 Å². The number of ether oxygens (including phenoxy) is 1. The van der Waals surface area contributed by atoms with Gasteiger partial charge in [0, 0.05) is 19.2 Å². The number of methoxy groups -OCH3 is 1. The molecular formula is C17H17ClN2O3. The Hall–Kier alpha value is -2.27. The number of nitrogens with zero attached hydrogens (tertiary/aromatic N) is 2. The molecule has 0 unspecified atom stereocenters. The first kappa shape index (κ1) is 15.6. The van der Waals surface area contributed by atoms with E-state index in [-0.39, 0.29) is 0 Å². The predicted octanol–water partition coefficient (Wildman–Crippen LogP) is 4.07. The van der Waals surface area contributed by atoms with E-state index in [4.69, 9.17) is 20.8 Å². The predicted molar refractivity (Wildman–Crippen MR) is 90.2 cm³/mol. The van der Waals surface area contributed by atoms with E-state index in [2.05, 4.69) is 9.89 Å². The maximum Gasteiger partial charge on any atom is 0.337 e. The highest BCUT2D eigenvalue weighted by Gasteiger charge is 2.15. The lowest BCUT2D eigenvalue weighted by molar-refractivity contribution is 0.0601. The molecule has 2 aromatic rings. The van der Waals surface area contributed by atoms with Gasteiger partial charge in [0.15, 0.2) is 5.88 Å². The van der Waals surface area contributed by atoms with Crippen LogP contribution in [0.15, 0.2) is 39.7 Å². The minimum Gasteiger partial charge on any atom is -0.465 e. The largest absolute Gasteiger partial charge is 0.465 e. The van der Waals surface area contributed by atoms with E-state index >= 15 is 0 Å². The second-order valence-electron chi connectivity index (χ2n) is 5.29. The van der Waals surface area contributed by atoms with Crippen molar-refractivity contribution in [2.24, 2.45) is 4.99 Å². The molecule has 23 heavy (non-hydrogen) atoms. The first-order chi connectivity index (χ1) is 11.2. The van der Waals surface area contributed by atoms with Gasteiger partial charge in [0.1, 0.15) is 5.76 Å². The van der Waals surface area contributed by atoms with Gasteiger partial charge in [0.25, 0.3) is 0 Å². The van der Waals surface area contributed by atoms with Gasteiger partial charge in [-0.05, 0) is 37.1 Å². The molecule has 0 bridgehead atoms. The molecule has 1 aromatic heterocycles. The van der Waals surface area contributed by atoms with E-state index in [0.29, 0.717) is 22.0 Å². The Morgan fingerprint density at radius 1 is 1.30 bits per heavy atom. The number of carbonyl (C=O) groups is 1. The zero-order chi connectivity index (χ0) is 16.2. The van der Waals surface area contributed by atoms with Gasteiger partial charge >= 0.3 is 5.97 Å². The number of hydrogen-bond donors (Lipinski definition) is 0. The van der Waals surface area contributed by atoms with Crippen molar-refractivity contribution in [2.45, 2.75) is 12.8 Å². The van der Waals surface area contributed by atoms with Gasteiger partial charge < -0.3 is 14.1 Å². The minimum absolute atomic E-state index is 0.404. The monoisotopic (exact) mass is 332 g/mol. The van der Waals surface area contributed by atoms with Crippen molar-refractivity contribution in [3.63, 3.8) is 0 Å². The summed E-state index contributed by atoms with van der Waals surface area (Å²) in [6.45, 7) is 2.05. The maximum atomic E-state index is 11.6. The standard InChI is InChI=1S/C17H17ClN2O3/c1-22-17(21)12-4-6-14(18)15(10-12)19-11-13-5-7-16(23-13)20-8-2-3-9-20/h4-7,10-11H,2-3,8-9H2,1H3. The van der Waals surface area contributed by atoms with Crippen LogP contribution >= 0.6 is 11.6 Å². The average molecular weight is 333 g/mol. The third-order valence-electron chi connectivity index (χ3n) is 3.73. The second-order valence-corrected chi connectivity index (χ2v) is 5.69. The first-order valence-corrected chi connectivity index (χ1v) is 7.82. The molecule has 3 rings (SSSR count). The van der Waals surface area contributed by atoms with Crippen molar-refractivity contribution in [3.8, 4) is 0 Å². The van der Waals surface area contributed by atoms with Crippen LogP contribution in [0.4, 0.5) is 11.6 Å². The number of esters is 1. The fourth-order valence-corrected chi connectivity index (χ4v) is 2.68. The van der Waals surface area contributed by atoms with Crippen molar-refractivity contribution in [2.75, 3.05) is 25.1 Å². The highest BCUT2D eigenvalue weighted by molar-refractivity contribution is 6.33. The van der Waals surface area contributed by atoms with Crippen LogP contribution in [0, 0.1) is 0 Å². The molecule has 120 valence electrons. The van der Waals surface area contributed by atoms with E-state index in [0.717, 1.165) is 19.0 Å². The summed E-state index contributed by atoms with van der Waals surface area (Å²) in [4.78, 5) is 18.1. The molecule has 0 N–H and O–H groups in total. The van der Waals surface area contributed by atoms with Gasteiger partial charge in [-0.25, -0.2) is 4.79 Å². The smallest absolute Gasteiger partial charge is 0.337 e. The molecule has 1 fully saturated rings. The molecule has 0 atom stereocenters. The number of anilines is 1. The molecule has 6 heteroatoms. The number of carbonyl (C=O) groups excluding carboxylic acids is 1. The topological polar surface area (TPSA) is 55.0 Å². The normalized spacial score (nSPS) is 14.6. The van der Waals surface area contributed by atoms with Crippen molar-refractivity contribution in [1.82, 2.24) is 0 Å². The number of halogens is 1. The summed E-state index contributed by atoms with van der Waals surface area (Å²) in [5, 5.41) is 0.459. The van der Waals surface area contributed by atoms with Crippen LogP contribution in [0.2, 0.25) is 5.02 Å². The van der Waals surface area contributed by atoms with E-state index in [1.54, 1.807) is 24.4 Å². The molecule has 0 saturated carbocycles. The molecule has 0 amide bonds. The summed E-state index contributed by atoms with van der Waals surface area (Å²) in [5.41, 5.74) is 0.898. The first-order valence-electron chi connectivity index (χ1n) is 7.44. The molecule has 0 spiro atoms. The van der Waals surface area contributed by atoms with E-state index in [9.17, 15) is 4.79 Å². The molecule has 1 aliphatic heterocycles. The number of aliphatic imine (C=N–C) groups is 1. The number of furan rings is 1. The zero-order valence-electron chi connectivity index (χ0n) is 12.8. The summed E-state index contributed by atoms with van der Waals surface area (Å²) < 4.78 is 10.5. The Kier molecular flexibility index (Phi) is 4.67. The zero-order valence-corrected chi connectivity index (χ0v) is 13.5. The number of benzene rings is 1. The van der Waals surface area contributed by atoms with Crippen LogP contribution in [-0.2, 0) is 4.74 Å². The Bertz CT molecular complexity index is 733. The van der Waals surface area contributed by atoms with E-state index in [1.807, 2.05) is 12.1 Å². The molecule has 1 aliphatic rings. The lowest BCUT2D eigenvalue weighted by Gasteiger charge is -2.12. The van der Waals surface area contributed by atoms with Gasteiger partial charge in [-0.2, -0.15) is 0 Å². The summed E-state index contributed by atoms with van der Waals surface area (Å²) in [7, 11) is 1.34. The van der Waals surface area contributed by atoms with Crippen LogP contribution in [-0.4, -0.2) is 32.4 Å². The van der Waals surface area contributed by atoms with Crippen LogP contribution in [0.1, 0.15) is 29.0 Å². The average Bonchev–Trinajstić information content (AvgIpc) is 3.24. The van der Waals surface area contributed by atoms with Crippen molar-refractivity contribution in [3.05, 3.63) is 46.7 Å². The van der Waals surface area contributed by atoms with Crippen LogP contribution in [0.3, 0.4) is 0 Å². The van der Waals surface area contributed by atoms with E-state index in [1.165, 1.54) is 20.0 Å². The Labute approximate surface area is 139 Å². The summed E-state index contributed by atoms with van der Waals surface area (Å²) >= 11 is 6.11. The van der Waals surface area contributed by atoms with Gasteiger partial charge in [0.2, 0.25) is 0 Å². The third kappa shape index (κ3) is 3.56. The summed E-state index contributed by atoms with van der Waals surface area (Å²) in [5.74, 6) is 1.08. The van der Waals surface area contributed by atoms with Gasteiger partial charge in [0.05, 0.1) is 29.6 Å². The fraction of sp³-hybridized carbons (Fsp3) is 0.294. The van der Waals surface area contributed by atoms with Crippen LogP contribution < -0.4 is 4.90 Å². The van der Waals surface area contributed by atoms with Crippen LogP contribution in [0.5, 0.6) is 0 Å². The second kappa shape index (κ2) is 6.87. The molecule has 1 aromatic carbocycles. The molecule has 1 saturated heterocycles. The SMILES string of the molecule is COC(=O)c1ccc(Cl)c(N=Cc2ccc(N3CCCC3)o2)c1. The lowest BCUT2D eigenvalue weighted by Crippen LogP contribution is -2.16. The highest BCUT2D eigenvalue weighted by atomic mass is 35.5. The molecule has 2 heterocycles. The van der Waals surface area contributed by atoms with Gasteiger partial charge in [-0.15, -0.1) is 0 Å². The van der Waals surface area contributed by atoms with Crippen LogP contribution in [0.25, 0.3) is 0 Å². The lowest BCUT2D eigenvalue weighted by atomic mass is 10.2. The fourth-order valence-electron chi connectivity index (χ4n) is 2.51. The van der Waals surface area contributed by atoms with Crippen molar-refractivity contribution < 1.29 is 13.9 Å². The number of hydrogen-bond acceptors (Lipinski definition) is 5. The Morgan fingerprint density at radius 3 is 2.83 bits per heavy atom. The molecule has 0 radical (unpaired) electrons. The third-order valence-corrected chi connectivity index (χ3v) is 4.05. The van der Waals surface area contributed by atoms with E-state index < -0.39 is 5.97 Å².